The molecule has 0 atom stereocenters. The van der Waals surface area contributed by atoms with Crippen LogP contribution in [0.2, 0.25) is 0 Å². The van der Waals surface area contributed by atoms with Crippen molar-refractivity contribution in [2.24, 2.45) is 5.41 Å². The maximum Gasteiger partial charge on any atom is 0.334 e. The molecule has 0 N–H and O–H groups in total. The molecule has 0 aromatic rings. The van der Waals surface area contributed by atoms with Gasteiger partial charge in [0.1, 0.15) is 0 Å². The van der Waals surface area contributed by atoms with E-state index >= 15 is 0 Å². The molecule has 0 aliphatic heterocycles. The van der Waals surface area contributed by atoms with E-state index < -0.39 is 11.9 Å². The summed E-state index contributed by atoms with van der Waals surface area (Å²) < 4.78 is 9.92. The van der Waals surface area contributed by atoms with Gasteiger partial charge in [-0.15, -0.1) is 0 Å². The first-order valence-electron chi connectivity index (χ1n) is 6.27. The fourth-order valence-corrected chi connectivity index (χ4v) is 1.47. The zero-order chi connectivity index (χ0) is 14.3. The van der Waals surface area contributed by atoms with E-state index in [9.17, 15) is 9.59 Å². The smallest absolute Gasteiger partial charge is 0.334 e. The molecule has 4 heteroatoms. The number of carbonyl (C=O) groups excluding carboxylic acids is 2. The summed E-state index contributed by atoms with van der Waals surface area (Å²) in [6, 6.07) is 0. The Morgan fingerprint density at radius 1 is 0.944 bits per heavy atom. The van der Waals surface area contributed by atoms with Crippen LogP contribution in [-0.2, 0) is 19.1 Å². The maximum absolute atomic E-state index is 11.9. The van der Waals surface area contributed by atoms with Crippen LogP contribution in [0, 0.1) is 5.41 Å². The van der Waals surface area contributed by atoms with Crippen LogP contribution < -0.4 is 0 Å². The van der Waals surface area contributed by atoms with E-state index in [1.165, 1.54) is 0 Å². The molecule has 0 spiro atoms. The lowest BCUT2D eigenvalue weighted by atomic mass is 9.86. The minimum atomic E-state index is -0.454. The van der Waals surface area contributed by atoms with Crippen LogP contribution in [0.4, 0.5) is 0 Å². The summed E-state index contributed by atoms with van der Waals surface area (Å²) in [5, 5.41) is 0. The number of hydrogen-bond acceptors (Lipinski definition) is 4. The third-order valence-corrected chi connectivity index (χ3v) is 2.26. The Labute approximate surface area is 109 Å². The van der Waals surface area contributed by atoms with E-state index in [4.69, 9.17) is 9.47 Å². The predicted molar refractivity (Wildman–Crippen MR) is 70.0 cm³/mol. The van der Waals surface area contributed by atoms with Gasteiger partial charge in [-0.2, -0.15) is 0 Å². The van der Waals surface area contributed by atoms with E-state index in [-0.39, 0.29) is 5.41 Å². The van der Waals surface area contributed by atoms with Crippen LogP contribution in [0.25, 0.3) is 0 Å². The molecule has 0 aliphatic rings. The van der Waals surface area contributed by atoms with Crippen molar-refractivity contribution in [1.29, 1.82) is 0 Å². The lowest BCUT2D eigenvalue weighted by Gasteiger charge is -2.20. The second-order valence-electron chi connectivity index (χ2n) is 5.28. The quantitative estimate of drug-likeness (QED) is 0.560. The second-order valence-corrected chi connectivity index (χ2v) is 5.28. The average molecular weight is 256 g/mol. The zero-order valence-corrected chi connectivity index (χ0v) is 12.3. The highest BCUT2D eigenvalue weighted by atomic mass is 16.5. The molecule has 18 heavy (non-hydrogen) atoms. The van der Waals surface area contributed by atoms with Gasteiger partial charge in [-0.3, -0.25) is 0 Å². The van der Waals surface area contributed by atoms with E-state index in [1.807, 2.05) is 20.8 Å². The van der Waals surface area contributed by atoms with Crippen molar-refractivity contribution >= 4 is 11.9 Å². The summed E-state index contributed by atoms with van der Waals surface area (Å²) in [5.74, 6) is -0.886. The molecule has 0 saturated heterocycles. The Kier molecular flexibility index (Phi) is 6.66. The first-order valence-corrected chi connectivity index (χ1v) is 6.27. The number of ether oxygens (including phenoxy) is 2. The topological polar surface area (TPSA) is 52.6 Å². The van der Waals surface area contributed by atoms with Gasteiger partial charge in [0.05, 0.1) is 13.2 Å². The van der Waals surface area contributed by atoms with Gasteiger partial charge in [0.2, 0.25) is 0 Å². The zero-order valence-electron chi connectivity index (χ0n) is 12.3. The molecular formula is C14H24O4. The van der Waals surface area contributed by atoms with Crippen LogP contribution in [0.3, 0.4) is 0 Å². The summed E-state index contributed by atoms with van der Waals surface area (Å²) in [7, 11) is 0. The lowest BCUT2D eigenvalue weighted by Crippen LogP contribution is -2.19. The molecule has 4 nitrogen and oxygen atoms in total. The average Bonchev–Trinajstić information content (AvgIpc) is 2.24. The van der Waals surface area contributed by atoms with Gasteiger partial charge in [-0.25, -0.2) is 9.59 Å². The SMILES string of the molecule is CCOC(=O)/C(C)=C(/CC(C)(C)C)C(=O)OCC. The van der Waals surface area contributed by atoms with Crippen molar-refractivity contribution in [3.63, 3.8) is 0 Å². The van der Waals surface area contributed by atoms with E-state index in [0.717, 1.165) is 0 Å². The van der Waals surface area contributed by atoms with Crippen LogP contribution in [0.15, 0.2) is 11.1 Å². The Bertz CT molecular complexity index is 334. The Balaban J connectivity index is 5.24. The van der Waals surface area contributed by atoms with Crippen molar-refractivity contribution in [2.45, 2.75) is 48.0 Å². The standard InChI is InChI=1S/C14H24O4/c1-7-17-12(15)10(3)11(9-14(4,5)6)13(16)18-8-2/h7-9H2,1-6H3/b11-10-. The van der Waals surface area contributed by atoms with E-state index in [1.54, 1.807) is 20.8 Å². The molecule has 0 rings (SSSR count). The van der Waals surface area contributed by atoms with Crippen molar-refractivity contribution in [3.8, 4) is 0 Å². The molecule has 0 fully saturated rings. The highest BCUT2D eigenvalue weighted by Gasteiger charge is 2.24. The molecule has 0 aliphatic carbocycles. The summed E-state index contributed by atoms with van der Waals surface area (Å²) in [4.78, 5) is 23.6. The van der Waals surface area contributed by atoms with Crippen molar-refractivity contribution in [1.82, 2.24) is 0 Å². The minimum absolute atomic E-state index is 0.101. The van der Waals surface area contributed by atoms with Gasteiger partial charge in [-0.1, -0.05) is 20.8 Å². The van der Waals surface area contributed by atoms with Gasteiger partial charge in [0.25, 0.3) is 0 Å². The fraction of sp³-hybridized carbons (Fsp3) is 0.714. The highest BCUT2D eigenvalue weighted by Crippen LogP contribution is 2.27. The fourth-order valence-electron chi connectivity index (χ4n) is 1.47. The lowest BCUT2D eigenvalue weighted by molar-refractivity contribution is -0.142. The Morgan fingerprint density at radius 3 is 1.78 bits per heavy atom. The molecule has 0 radical (unpaired) electrons. The van der Waals surface area contributed by atoms with Crippen LogP contribution in [-0.4, -0.2) is 25.2 Å². The Morgan fingerprint density at radius 2 is 1.39 bits per heavy atom. The van der Waals surface area contributed by atoms with E-state index in [0.29, 0.717) is 30.8 Å². The first kappa shape index (κ1) is 16.7. The van der Waals surface area contributed by atoms with Gasteiger partial charge >= 0.3 is 11.9 Å². The normalized spacial score (nSPS) is 12.8. The van der Waals surface area contributed by atoms with Crippen molar-refractivity contribution in [3.05, 3.63) is 11.1 Å². The molecule has 104 valence electrons. The monoisotopic (exact) mass is 256 g/mol. The molecule has 0 unspecified atom stereocenters. The molecule has 0 heterocycles. The van der Waals surface area contributed by atoms with Gasteiger partial charge < -0.3 is 9.47 Å². The number of esters is 2. The molecule has 0 saturated carbocycles. The van der Waals surface area contributed by atoms with Gasteiger partial charge in [-0.05, 0) is 32.6 Å². The summed E-state index contributed by atoms with van der Waals surface area (Å²) >= 11 is 0. The van der Waals surface area contributed by atoms with Crippen molar-refractivity contribution < 1.29 is 19.1 Å². The highest BCUT2D eigenvalue weighted by molar-refractivity contribution is 6.00. The number of hydrogen-bond donors (Lipinski definition) is 0. The van der Waals surface area contributed by atoms with Crippen LogP contribution in [0.5, 0.6) is 0 Å². The second kappa shape index (κ2) is 7.19. The molecule has 0 amide bonds. The largest absolute Gasteiger partial charge is 0.463 e. The molecule has 0 aromatic heterocycles. The van der Waals surface area contributed by atoms with E-state index in [2.05, 4.69) is 0 Å². The van der Waals surface area contributed by atoms with Crippen LogP contribution in [0.1, 0.15) is 48.0 Å². The third kappa shape index (κ3) is 5.84. The van der Waals surface area contributed by atoms with Crippen LogP contribution >= 0.6 is 0 Å². The summed E-state index contributed by atoms with van der Waals surface area (Å²) in [6.07, 6.45) is 0.483. The third-order valence-electron chi connectivity index (χ3n) is 2.26. The molecule has 0 aromatic carbocycles. The summed E-state index contributed by atoms with van der Waals surface area (Å²) in [6.45, 7) is 11.7. The molecule has 0 bridgehead atoms. The number of rotatable bonds is 5. The maximum atomic E-state index is 11.9. The van der Waals surface area contributed by atoms with Gasteiger partial charge in [0, 0.05) is 11.1 Å². The molecular weight excluding hydrogens is 232 g/mol. The predicted octanol–water partition coefficient (Wildman–Crippen LogP) is 2.87. The van der Waals surface area contributed by atoms with Gasteiger partial charge in [0.15, 0.2) is 0 Å². The Hall–Kier alpha value is -1.32. The number of carbonyl (C=O) groups is 2. The first-order chi connectivity index (χ1) is 8.22. The minimum Gasteiger partial charge on any atom is -0.463 e. The summed E-state index contributed by atoms with van der Waals surface area (Å²) in [5.41, 5.74) is 0.642. The van der Waals surface area contributed by atoms with Crippen molar-refractivity contribution in [2.75, 3.05) is 13.2 Å².